The molecule has 1 atom stereocenters. The second kappa shape index (κ2) is 6.30. The van der Waals surface area contributed by atoms with Gasteiger partial charge in [0, 0.05) is 16.2 Å². The Hall–Kier alpha value is -1.50. The quantitative estimate of drug-likeness (QED) is 0.664. The van der Waals surface area contributed by atoms with Gasteiger partial charge in [0.25, 0.3) is 0 Å². The number of hydrogen-bond donors (Lipinski definition) is 2. The smallest absolute Gasteiger partial charge is 0.250 e. The second-order valence-corrected chi connectivity index (χ2v) is 5.19. The predicted molar refractivity (Wildman–Crippen MR) is 78.8 cm³/mol. The van der Waals surface area contributed by atoms with Gasteiger partial charge in [-0.1, -0.05) is 28.1 Å². The van der Waals surface area contributed by atoms with Crippen LogP contribution in [0.25, 0.3) is 0 Å². The van der Waals surface area contributed by atoms with Gasteiger partial charge < -0.3 is 4.74 Å². The van der Waals surface area contributed by atoms with Crippen molar-refractivity contribution in [3.05, 3.63) is 57.4 Å². The van der Waals surface area contributed by atoms with Crippen LogP contribution < -0.4 is 16.0 Å². The normalized spacial score (nSPS) is 12.2. The number of nitrogens with one attached hydrogen (secondary N) is 1. The molecule has 6 heteroatoms. The molecule has 0 aliphatic heterocycles. The standard InChI is InChI=1S/C14H15BrFN3O/c1-8-3-4-9(7-11(8)15)13(19-17)10-5-6-18-14(20-2)12(10)16/h3-7,13,19H,17H2,1-2H3. The molecule has 1 unspecified atom stereocenters. The van der Waals surface area contributed by atoms with Crippen molar-refractivity contribution in [3.63, 3.8) is 0 Å². The Morgan fingerprint density at radius 1 is 1.40 bits per heavy atom. The number of nitrogens with zero attached hydrogens (tertiary/aromatic N) is 1. The van der Waals surface area contributed by atoms with E-state index in [1.54, 1.807) is 6.07 Å². The molecule has 0 aliphatic rings. The van der Waals surface area contributed by atoms with Crippen molar-refractivity contribution in [1.82, 2.24) is 10.4 Å². The number of pyridine rings is 1. The third kappa shape index (κ3) is 2.82. The molecule has 4 nitrogen and oxygen atoms in total. The Kier molecular flexibility index (Phi) is 4.69. The van der Waals surface area contributed by atoms with Crippen LogP contribution in [-0.4, -0.2) is 12.1 Å². The molecule has 2 aromatic rings. The first-order valence-electron chi connectivity index (χ1n) is 5.99. The van der Waals surface area contributed by atoms with E-state index in [2.05, 4.69) is 26.3 Å². The van der Waals surface area contributed by atoms with Gasteiger partial charge in [0.05, 0.1) is 13.2 Å². The summed E-state index contributed by atoms with van der Waals surface area (Å²) in [6.45, 7) is 1.98. The molecule has 2 rings (SSSR count). The average Bonchev–Trinajstić information content (AvgIpc) is 2.45. The van der Waals surface area contributed by atoms with Gasteiger partial charge in [-0.05, 0) is 30.2 Å². The average molecular weight is 340 g/mol. The van der Waals surface area contributed by atoms with Crippen LogP contribution >= 0.6 is 15.9 Å². The topological polar surface area (TPSA) is 60.2 Å². The van der Waals surface area contributed by atoms with Crippen molar-refractivity contribution in [2.45, 2.75) is 13.0 Å². The molecule has 0 amide bonds. The molecule has 1 heterocycles. The first-order valence-corrected chi connectivity index (χ1v) is 6.78. The number of benzene rings is 1. The fourth-order valence-electron chi connectivity index (χ4n) is 1.96. The molecule has 0 bridgehead atoms. The van der Waals surface area contributed by atoms with Crippen LogP contribution in [0.4, 0.5) is 4.39 Å². The largest absolute Gasteiger partial charge is 0.479 e. The maximum atomic E-state index is 14.3. The number of hydrogen-bond acceptors (Lipinski definition) is 4. The van der Waals surface area contributed by atoms with E-state index in [0.29, 0.717) is 5.56 Å². The van der Waals surface area contributed by atoms with E-state index in [-0.39, 0.29) is 5.88 Å². The molecule has 106 valence electrons. The number of ether oxygens (including phenoxy) is 1. The van der Waals surface area contributed by atoms with E-state index in [9.17, 15) is 4.39 Å². The fourth-order valence-corrected chi connectivity index (χ4v) is 2.35. The molecule has 0 radical (unpaired) electrons. The van der Waals surface area contributed by atoms with E-state index in [4.69, 9.17) is 10.6 Å². The minimum atomic E-state index is -0.519. The summed E-state index contributed by atoms with van der Waals surface area (Å²) >= 11 is 3.46. The number of aryl methyl sites for hydroxylation is 1. The molecule has 20 heavy (non-hydrogen) atoms. The van der Waals surface area contributed by atoms with E-state index in [1.165, 1.54) is 13.3 Å². The number of methoxy groups -OCH3 is 1. The van der Waals surface area contributed by atoms with Crippen molar-refractivity contribution in [2.75, 3.05) is 7.11 Å². The molecule has 0 fully saturated rings. The lowest BCUT2D eigenvalue weighted by Crippen LogP contribution is -2.29. The zero-order valence-electron chi connectivity index (χ0n) is 11.2. The van der Waals surface area contributed by atoms with E-state index in [1.807, 2.05) is 25.1 Å². The summed E-state index contributed by atoms with van der Waals surface area (Å²) < 4.78 is 20.1. The minimum absolute atomic E-state index is 0.0473. The lowest BCUT2D eigenvalue weighted by molar-refractivity contribution is 0.364. The van der Waals surface area contributed by atoms with Crippen molar-refractivity contribution in [1.29, 1.82) is 0 Å². The maximum absolute atomic E-state index is 14.3. The highest BCUT2D eigenvalue weighted by molar-refractivity contribution is 9.10. The van der Waals surface area contributed by atoms with Crippen LogP contribution in [0.1, 0.15) is 22.7 Å². The number of aromatic nitrogens is 1. The first-order chi connectivity index (χ1) is 9.58. The van der Waals surface area contributed by atoms with Crippen LogP contribution in [0.15, 0.2) is 34.9 Å². The van der Waals surface area contributed by atoms with Crippen LogP contribution in [0, 0.1) is 12.7 Å². The number of nitrogens with two attached hydrogens (primary N) is 1. The molecular formula is C14H15BrFN3O. The zero-order chi connectivity index (χ0) is 14.7. The predicted octanol–water partition coefficient (Wildman–Crippen LogP) is 2.85. The summed E-state index contributed by atoms with van der Waals surface area (Å²) in [5.41, 5.74) is 4.95. The molecule has 1 aromatic heterocycles. The Bertz CT molecular complexity index is 621. The van der Waals surface area contributed by atoms with Gasteiger partial charge in [-0.25, -0.2) is 14.8 Å². The summed E-state index contributed by atoms with van der Waals surface area (Å²) in [6.07, 6.45) is 1.49. The Balaban J connectivity index is 2.49. The molecule has 3 N–H and O–H groups in total. The van der Waals surface area contributed by atoms with Crippen LogP contribution in [0.5, 0.6) is 5.88 Å². The van der Waals surface area contributed by atoms with Gasteiger partial charge in [-0.3, -0.25) is 5.84 Å². The fraction of sp³-hybridized carbons (Fsp3) is 0.214. The van der Waals surface area contributed by atoms with E-state index < -0.39 is 11.9 Å². The molecular weight excluding hydrogens is 325 g/mol. The van der Waals surface area contributed by atoms with Gasteiger partial charge in [-0.15, -0.1) is 0 Å². The highest BCUT2D eigenvalue weighted by Gasteiger charge is 2.20. The maximum Gasteiger partial charge on any atom is 0.250 e. The van der Waals surface area contributed by atoms with Gasteiger partial charge >= 0.3 is 0 Å². The van der Waals surface area contributed by atoms with Crippen molar-refractivity contribution < 1.29 is 9.13 Å². The van der Waals surface area contributed by atoms with Gasteiger partial charge in [-0.2, -0.15) is 0 Å². The first kappa shape index (κ1) is 14.9. The molecule has 0 spiro atoms. The Morgan fingerprint density at radius 3 is 2.75 bits per heavy atom. The lowest BCUT2D eigenvalue weighted by atomic mass is 9.99. The summed E-state index contributed by atoms with van der Waals surface area (Å²) in [5, 5.41) is 0. The van der Waals surface area contributed by atoms with Gasteiger partial charge in [0.2, 0.25) is 5.88 Å². The molecule has 0 saturated heterocycles. The lowest BCUT2D eigenvalue weighted by Gasteiger charge is -2.19. The monoisotopic (exact) mass is 339 g/mol. The van der Waals surface area contributed by atoms with Crippen molar-refractivity contribution >= 4 is 15.9 Å². The zero-order valence-corrected chi connectivity index (χ0v) is 12.7. The van der Waals surface area contributed by atoms with Gasteiger partial charge in [0.15, 0.2) is 5.82 Å². The Morgan fingerprint density at radius 2 is 2.15 bits per heavy atom. The summed E-state index contributed by atoms with van der Waals surface area (Å²) in [6, 6.07) is 6.85. The third-order valence-electron chi connectivity index (χ3n) is 3.09. The molecule has 0 aliphatic carbocycles. The van der Waals surface area contributed by atoms with E-state index in [0.717, 1.165) is 15.6 Å². The second-order valence-electron chi connectivity index (χ2n) is 4.33. The molecule has 0 saturated carbocycles. The van der Waals surface area contributed by atoms with Gasteiger partial charge in [0.1, 0.15) is 0 Å². The number of halogens is 2. The Labute approximate surface area is 125 Å². The number of hydrazine groups is 1. The summed E-state index contributed by atoms with van der Waals surface area (Å²) in [4.78, 5) is 3.82. The highest BCUT2D eigenvalue weighted by Crippen LogP contribution is 2.29. The number of rotatable bonds is 4. The van der Waals surface area contributed by atoms with Crippen LogP contribution in [0.3, 0.4) is 0 Å². The summed E-state index contributed by atoms with van der Waals surface area (Å²) in [5.74, 6) is 5.03. The van der Waals surface area contributed by atoms with Crippen molar-refractivity contribution in [3.8, 4) is 5.88 Å². The van der Waals surface area contributed by atoms with Crippen LogP contribution in [0.2, 0.25) is 0 Å². The van der Waals surface area contributed by atoms with Crippen LogP contribution in [-0.2, 0) is 0 Å². The highest BCUT2D eigenvalue weighted by atomic mass is 79.9. The van der Waals surface area contributed by atoms with E-state index >= 15 is 0 Å². The molecule has 1 aromatic carbocycles. The minimum Gasteiger partial charge on any atom is -0.479 e. The SMILES string of the molecule is COc1nccc(C(NN)c2ccc(C)c(Br)c2)c1F. The summed E-state index contributed by atoms with van der Waals surface area (Å²) in [7, 11) is 1.38. The van der Waals surface area contributed by atoms with Crippen molar-refractivity contribution in [2.24, 2.45) is 5.84 Å². The third-order valence-corrected chi connectivity index (χ3v) is 3.94.